The topological polar surface area (TPSA) is 38.3 Å². The van der Waals surface area contributed by atoms with Crippen molar-refractivity contribution in [2.24, 2.45) is 0 Å². The fraction of sp³-hybridized carbons (Fsp3) is 0.462. The molecule has 1 amide bonds. The molecule has 3 nitrogen and oxygen atoms in total. The third-order valence-corrected chi connectivity index (χ3v) is 2.52. The molecule has 0 fully saturated rings. The summed E-state index contributed by atoms with van der Waals surface area (Å²) >= 11 is 5.48. The molecule has 112 valence electrons. The summed E-state index contributed by atoms with van der Waals surface area (Å²) in [6.07, 6.45) is -4.57. The lowest BCUT2D eigenvalue weighted by Crippen LogP contribution is -2.27. The van der Waals surface area contributed by atoms with Crippen molar-refractivity contribution < 1.29 is 22.7 Å². The summed E-state index contributed by atoms with van der Waals surface area (Å²) in [5.74, 6) is -0.532. The van der Waals surface area contributed by atoms with Crippen molar-refractivity contribution in [3.63, 3.8) is 0 Å². The number of nitrogens with one attached hydrogen (secondary N) is 1. The number of hydrogen-bond donors (Lipinski definition) is 1. The molecule has 0 bridgehead atoms. The Morgan fingerprint density at radius 2 is 1.90 bits per heavy atom. The summed E-state index contributed by atoms with van der Waals surface area (Å²) in [4.78, 5) is 11.6. The molecule has 7 heteroatoms. The van der Waals surface area contributed by atoms with Gasteiger partial charge in [-0.1, -0.05) is 11.6 Å². The van der Waals surface area contributed by atoms with E-state index in [2.05, 4.69) is 5.32 Å². The first-order valence-corrected chi connectivity index (χ1v) is 6.17. The highest BCUT2D eigenvalue weighted by molar-refractivity contribution is 6.31. The Labute approximate surface area is 120 Å². The van der Waals surface area contributed by atoms with Crippen LogP contribution in [0.5, 0.6) is 0 Å². The Balaban J connectivity index is 2.77. The number of alkyl halides is 3. The van der Waals surface area contributed by atoms with Gasteiger partial charge in [0.15, 0.2) is 0 Å². The van der Waals surface area contributed by atoms with Gasteiger partial charge in [-0.3, -0.25) is 4.79 Å². The van der Waals surface area contributed by atoms with E-state index in [-0.39, 0.29) is 12.3 Å². The lowest BCUT2D eigenvalue weighted by Gasteiger charge is -2.19. The van der Waals surface area contributed by atoms with Gasteiger partial charge in [-0.15, -0.1) is 0 Å². The second kappa shape index (κ2) is 6.01. The van der Waals surface area contributed by atoms with Crippen molar-refractivity contribution in [3.05, 3.63) is 28.8 Å². The highest BCUT2D eigenvalue weighted by atomic mass is 35.5. The lowest BCUT2D eigenvalue weighted by atomic mass is 10.2. The Bertz CT molecular complexity index is 495. The average Bonchev–Trinajstić information content (AvgIpc) is 2.27. The smallest absolute Gasteiger partial charge is 0.366 e. The molecular formula is C13H15ClF3NO2. The van der Waals surface area contributed by atoms with Crippen LogP contribution in [0.15, 0.2) is 18.2 Å². The van der Waals surface area contributed by atoms with Crippen LogP contribution in [-0.4, -0.2) is 18.1 Å². The molecule has 1 aromatic rings. The number of halogens is 4. The number of anilines is 1. The van der Waals surface area contributed by atoms with Gasteiger partial charge in [0, 0.05) is 5.69 Å². The van der Waals surface area contributed by atoms with Gasteiger partial charge in [0.25, 0.3) is 0 Å². The molecule has 20 heavy (non-hydrogen) atoms. The van der Waals surface area contributed by atoms with Gasteiger partial charge < -0.3 is 10.1 Å². The van der Waals surface area contributed by atoms with Gasteiger partial charge in [0.05, 0.1) is 16.2 Å². The molecule has 0 atom stereocenters. The second-order valence-electron chi connectivity index (χ2n) is 5.14. The van der Waals surface area contributed by atoms with Crippen LogP contribution in [0.25, 0.3) is 0 Å². The number of ether oxygens (including phenoxy) is 1. The maximum atomic E-state index is 12.6. The summed E-state index contributed by atoms with van der Waals surface area (Å²) in [5, 5.41) is 1.92. The number of benzene rings is 1. The van der Waals surface area contributed by atoms with Gasteiger partial charge in [-0.2, -0.15) is 13.2 Å². The zero-order valence-electron chi connectivity index (χ0n) is 11.3. The summed E-state index contributed by atoms with van der Waals surface area (Å²) in [6, 6.07) is 3.18. The molecule has 0 spiro atoms. The summed E-state index contributed by atoms with van der Waals surface area (Å²) in [7, 11) is 0. The molecule has 0 aliphatic carbocycles. The first-order chi connectivity index (χ1) is 8.99. The van der Waals surface area contributed by atoms with Crippen LogP contribution in [0.4, 0.5) is 18.9 Å². The largest absolute Gasteiger partial charge is 0.417 e. The molecule has 1 rings (SSSR count). The molecule has 1 N–H and O–H groups in total. The molecule has 0 saturated heterocycles. The van der Waals surface area contributed by atoms with Crippen LogP contribution >= 0.6 is 11.6 Å². The highest BCUT2D eigenvalue weighted by Gasteiger charge is 2.33. The van der Waals surface area contributed by atoms with E-state index in [1.165, 1.54) is 6.07 Å². The van der Waals surface area contributed by atoms with Crippen molar-refractivity contribution in [1.29, 1.82) is 0 Å². The van der Waals surface area contributed by atoms with Gasteiger partial charge in [-0.05, 0) is 39.0 Å². The van der Waals surface area contributed by atoms with Crippen LogP contribution in [0.2, 0.25) is 5.02 Å². The van der Waals surface area contributed by atoms with Crippen LogP contribution in [0.1, 0.15) is 26.3 Å². The Morgan fingerprint density at radius 1 is 1.30 bits per heavy atom. The van der Waals surface area contributed by atoms with Gasteiger partial charge >= 0.3 is 6.18 Å². The first kappa shape index (κ1) is 16.8. The summed E-state index contributed by atoms with van der Waals surface area (Å²) in [5.41, 5.74) is -1.48. The molecule has 0 heterocycles. The van der Waals surface area contributed by atoms with Crippen molar-refractivity contribution in [2.75, 3.05) is 11.9 Å². The maximum absolute atomic E-state index is 12.6. The monoisotopic (exact) mass is 309 g/mol. The number of carbonyl (C=O) groups is 1. The molecule has 0 radical (unpaired) electrons. The molecule has 1 aromatic carbocycles. The Morgan fingerprint density at radius 3 is 2.40 bits per heavy atom. The Hall–Kier alpha value is -1.27. The van der Waals surface area contributed by atoms with Crippen molar-refractivity contribution >= 4 is 23.2 Å². The van der Waals surface area contributed by atoms with E-state index in [1.807, 2.05) is 0 Å². The van der Waals surface area contributed by atoms with E-state index >= 15 is 0 Å². The minimum atomic E-state index is -4.57. The molecule has 0 aliphatic heterocycles. The SMILES string of the molecule is CC(C)(C)OCC(=O)Nc1ccc(Cl)c(C(F)(F)F)c1. The third-order valence-electron chi connectivity index (χ3n) is 2.19. The average molecular weight is 310 g/mol. The summed E-state index contributed by atoms with van der Waals surface area (Å²) < 4.78 is 43.2. The predicted molar refractivity (Wildman–Crippen MR) is 70.8 cm³/mol. The summed E-state index contributed by atoms with van der Waals surface area (Å²) in [6.45, 7) is 5.06. The van der Waals surface area contributed by atoms with Gasteiger partial charge in [-0.25, -0.2) is 0 Å². The van der Waals surface area contributed by atoms with E-state index < -0.39 is 28.3 Å². The zero-order chi connectivity index (χ0) is 15.6. The van der Waals surface area contributed by atoms with E-state index in [0.29, 0.717) is 0 Å². The van der Waals surface area contributed by atoms with Crippen molar-refractivity contribution in [3.8, 4) is 0 Å². The lowest BCUT2D eigenvalue weighted by molar-refractivity contribution is -0.137. The number of hydrogen-bond acceptors (Lipinski definition) is 2. The standard InChI is InChI=1S/C13H15ClF3NO2/c1-12(2,3)20-7-11(19)18-8-4-5-10(14)9(6-8)13(15,16)17/h4-6H,7H2,1-3H3,(H,18,19). The van der Waals surface area contributed by atoms with Crippen LogP contribution < -0.4 is 5.32 Å². The minimum Gasteiger partial charge on any atom is -0.366 e. The third kappa shape index (κ3) is 5.38. The van der Waals surface area contributed by atoms with E-state index in [4.69, 9.17) is 16.3 Å². The molecule has 0 unspecified atom stereocenters. The molecule has 0 saturated carbocycles. The highest BCUT2D eigenvalue weighted by Crippen LogP contribution is 2.36. The predicted octanol–water partition coefficient (Wildman–Crippen LogP) is 4.11. The number of amides is 1. The number of carbonyl (C=O) groups excluding carboxylic acids is 1. The fourth-order valence-electron chi connectivity index (χ4n) is 1.30. The van der Waals surface area contributed by atoms with Gasteiger partial charge in [0.2, 0.25) is 5.91 Å². The van der Waals surface area contributed by atoms with Crippen molar-refractivity contribution in [1.82, 2.24) is 0 Å². The van der Waals surface area contributed by atoms with Crippen LogP contribution in [0, 0.1) is 0 Å². The minimum absolute atomic E-state index is 0.0178. The maximum Gasteiger partial charge on any atom is 0.417 e. The molecule has 0 aliphatic rings. The zero-order valence-corrected chi connectivity index (χ0v) is 12.0. The quantitative estimate of drug-likeness (QED) is 0.912. The number of rotatable bonds is 3. The van der Waals surface area contributed by atoms with E-state index in [1.54, 1.807) is 20.8 Å². The van der Waals surface area contributed by atoms with Crippen LogP contribution in [-0.2, 0) is 15.7 Å². The molecule has 0 aromatic heterocycles. The van der Waals surface area contributed by atoms with E-state index in [9.17, 15) is 18.0 Å². The molecular weight excluding hydrogens is 295 g/mol. The second-order valence-corrected chi connectivity index (χ2v) is 5.55. The van der Waals surface area contributed by atoms with Crippen LogP contribution in [0.3, 0.4) is 0 Å². The Kier molecular flexibility index (Phi) is 5.05. The normalized spacial score (nSPS) is 12.3. The first-order valence-electron chi connectivity index (χ1n) is 5.79. The fourth-order valence-corrected chi connectivity index (χ4v) is 1.52. The van der Waals surface area contributed by atoms with E-state index in [0.717, 1.165) is 12.1 Å². The van der Waals surface area contributed by atoms with Gasteiger partial charge in [0.1, 0.15) is 6.61 Å². The van der Waals surface area contributed by atoms with Crippen molar-refractivity contribution in [2.45, 2.75) is 32.5 Å².